The highest BCUT2D eigenvalue weighted by atomic mass is 16.5. The van der Waals surface area contributed by atoms with Gasteiger partial charge in [0, 0.05) is 24.3 Å². The Morgan fingerprint density at radius 3 is 2.41 bits per heavy atom. The summed E-state index contributed by atoms with van der Waals surface area (Å²) in [6, 6.07) is 13.1. The van der Waals surface area contributed by atoms with Gasteiger partial charge in [-0.05, 0) is 48.4 Å². The van der Waals surface area contributed by atoms with E-state index in [1.54, 1.807) is 29.2 Å². The largest absolute Gasteiger partial charge is 0.508 e. The molecular formula is C20H20N2O5. The van der Waals surface area contributed by atoms with Gasteiger partial charge in [0.15, 0.2) is 6.61 Å². The van der Waals surface area contributed by atoms with Crippen LogP contribution in [0.25, 0.3) is 0 Å². The number of anilines is 2. The highest BCUT2D eigenvalue weighted by molar-refractivity contribution is 5.95. The molecule has 7 nitrogen and oxygen atoms in total. The molecule has 1 aliphatic heterocycles. The molecule has 1 fully saturated rings. The van der Waals surface area contributed by atoms with Crippen molar-refractivity contribution in [3.8, 4) is 5.75 Å². The number of phenolic OH excluding ortho intramolecular Hbond substituents is 1. The predicted molar refractivity (Wildman–Crippen MR) is 99.4 cm³/mol. The third-order valence-corrected chi connectivity index (χ3v) is 4.19. The molecule has 3 rings (SSSR count). The number of nitrogens with zero attached hydrogens (tertiary/aromatic N) is 1. The lowest BCUT2D eigenvalue weighted by Crippen LogP contribution is -2.23. The van der Waals surface area contributed by atoms with Crippen LogP contribution in [0.15, 0.2) is 48.5 Å². The normalized spacial score (nSPS) is 13.5. The van der Waals surface area contributed by atoms with Crippen LogP contribution in [-0.2, 0) is 25.5 Å². The molecule has 2 amide bonds. The average molecular weight is 368 g/mol. The van der Waals surface area contributed by atoms with Crippen LogP contribution in [0, 0.1) is 0 Å². The molecule has 27 heavy (non-hydrogen) atoms. The zero-order chi connectivity index (χ0) is 19.2. The van der Waals surface area contributed by atoms with E-state index in [4.69, 9.17) is 4.74 Å². The Morgan fingerprint density at radius 2 is 1.78 bits per heavy atom. The standard InChI is InChI=1S/C20H20N2O5/c23-17-9-5-15(6-10-17)21-18(24)13-27-20(26)12-14-3-7-16(8-4-14)22-11-1-2-19(22)25/h3-10,23H,1-2,11-13H2,(H,21,24). The van der Waals surface area contributed by atoms with Crippen LogP contribution in [0.3, 0.4) is 0 Å². The Morgan fingerprint density at radius 1 is 1.07 bits per heavy atom. The second-order valence-electron chi connectivity index (χ2n) is 6.25. The first-order chi connectivity index (χ1) is 13.0. The third-order valence-electron chi connectivity index (χ3n) is 4.19. The van der Waals surface area contributed by atoms with Gasteiger partial charge in [0.05, 0.1) is 6.42 Å². The van der Waals surface area contributed by atoms with Crippen LogP contribution >= 0.6 is 0 Å². The van der Waals surface area contributed by atoms with Crippen LogP contribution in [0.5, 0.6) is 5.75 Å². The molecule has 0 aliphatic carbocycles. The molecule has 140 valence electrons. The van der Waals surface area contributed by atoms with Crippen molar-refractivity contribution in [3.63, 3.8) is 0 Å². The molecule has 0 bridgehead atoms. The SMILES string of the molecule is O=C(COC(=O)Cc1ccc(N2CCCC2=O)cc1)Nc1ccc(O)cc1. The monoisotopic (exact) mass is 368 g/mol. The Bertz CT molecular complexity index is 830. The van der Waals surface area contributed by atoms with Gasteiger partial charge in [-0.25, -0.2) is 0 Å². The first-order valence-corrected chi connectivity index (χ1v) is 8.65. The van der Waals surface area contributed by atoms with Crippen molar-refractivity contribution in [1.29, 1.82) is 0 Å². The quantitative estimate of drug-likeness (QED) is 0.602. The summed E-state index contributed by atoms with van der Waals surface area (Å²) in [6.07, 6.45) is 1.47. The minimum Gasteiger partial charge on any atom is -0.508 e. The lowest BCUT2D eigenvalue weighted by molar-refractivity contribution is -0.146. The number of hydrogen-bond acceptors (Lipinski definition) is 5. The van der Waals surface area contributed by atoms with Gasteiger partial charge in [-0.15, -0.1) is 0 Å². The molecule has 7 heteroatoms. The number of phenols is 1. The van der Waals surface area contributed by atoms with Crippen molar-refractivity contribution in [2.45, 2.75) is 19.3 Å². The van der Waals surface area contributed by atoms with E-state index in [9.17, 15) is 19.5 Å². The Kier molecular flexibility index (Phi) is 5.71. The van der Waals surface area contributed by atoms with E-state index in [1.165, 1.54) is 12.1 Å². The third kappa shape index (κ3) is 5.07. The van der Waals surface area contributed by atoms with Crippen LogP contribution in [-0.4, -0.2) is 36.0 Å². The molecule has 0 aromatic heterocycles. The summed E-state index contributed by atoms with van der Waals surface area (Å²) in [7, 11) is 0. The van der Waals surface area contributed by atoms with Crippen molar-refractivity contribution in [3.05, 3.63) is 54.1 Å². The second kappa shape index (κ2) is 8.35. The van der Waals surface area contributed by atoms with Gasteiger partial charge in [0.1, 0.15) is 5.75 Å². The van der Waals surface area contributed by atoms with Gasteiger partial charge in [0.2, 0.25) is 5.91 Å². The number of ether oxygens (including phenoxy) is 1. The van der Waals surface area contributed by atoms with Crippen molar-refractivity contribution >= 4 is 29.2 Å². The second-order valence-corrected chi connectivity index (χ2v) is 6.25. The van der Waals surface area contributed by atoms with Gasteiger partial charge in [-0.3, -0.25) is 14.4 Å². The fourth-order valence-corrected chi connectivity index (χ4v) is 2.82. The number of hydrogen-bond donors (Lipinski definition) is 2. The molecule has 2 aromatic rings. The van der Waals surface area contributed by atoms with E-state index in [0.717, 1.165) is 24.2 Å². The highest BCUT2D eigenvalue weighted by Crippen LogP contribution is 2.21. The van der Waals surface area contributed by atoms with E-state index in [-0.39, 0.29) is 24.7 Å². The molecule has 0 spiro atoms. The number of amides is 2. The molecule has 0 saturated carbocycles. The Labute approximate surface area is 156 Å². The molecule has 0 atom stereocenters. The van der Waals surface area contributed by atoms with E-state index in [0.29, 0.717) is 12.1 Å². The minimum atomic E-state index is -0.513. The Hall–Kier alpha value is -3.35. The number of carbonyl (C=O) groups excluding carboxylic acids is 3. The van der Waals surface area contributed by atoms with Crippen LogP contribution < -0.4 is 10.2 Å². The van der Waals surface area contributed by atoms with Crippen molar-refractivity contribution in [2.75, 3.05) is 23.4 Å². The van der Waals surface area contributed by atoms with Crippen molar-refractivity contribution in [2.24, 2.45) is 0 Å². The number of rotatable bonds is 6. The summed E-state index contributed by atoms with van der Waals surface area (Å²) < 4.78 is 4.99. The maximum Gasteiger partial charge on any atom is 0.310 e. The van der Waals surface area contributed by atoms with Gasteiger partial charge >= 0.3 is 5.97 Å². The molecule has 1 aliphatic rings. The zero-order valence-electron chi connectivity index (χ0n) is 14.7. The number of aromatic hydroxyl groups is 1. The van der Waals surface area contributed by atoms with E-state index < -0.39 is 11.9 Å². The lowest BCUT2D eigenvalue weighted by Gasteiger charge is -2.15. The fourth-order valence-electron chi connectivity index (χ4n) is 2.82. The number of benzene rings is 2. The van der Waals surface area contributed by atoms with E-state index in [2.05, 4.69) is 5.32 Å². The average Bonchev–Trinajstić information content (AvgIpc) is 3.09. The molecule has 0 radical (unpaired) electrons. The van der Waals surface area contributed by atoms with Crippen molar-refractivity contribution in [1.82, 2.24) is 0 Å². The molecule has 2 N–H and O–H groups in total. The lowest BCUT2D eigenvalue weighted by atomic mass is 10.1. The molecule has 2 aromatic carbocycles. The summed E-state index contributed by atoms with van der Waals surface area (Å²) in [6.45, 7) is 0.330. The molecule has 0 unspecified atom stereocenters. The van der Waals surface area contributed by atoms with Crippen LogP contribution in [0.1, 0.15) is 18.4 Å². The molecule has 1 heterocycles. The maximum absolute atomic E-state index is 11.9. The Balaban J connectivity index is 1.45. The summed E-state index contributed by atoms with van der Waals surface area (Å²) in [5.41, 5.74) is 2.07. The van der Waals surface area contributed by atoms with Gasteiger partial charge in [-0.1, -0.05) is 12.1 Å². The van der Waals surface area contributed by atoms with Gasteiger partial charge < -0.3 is 20.1 Å². The smallest absolute Gasteiger partial charge is 0.310 e. The summed E-state index contributed by atoms with van der Waals surface area (Å²) in [5, 5.41) is 11.8. The van der Waals surface area contributed by atoms with E-state index in [1.807, 2.05) is 12.1 Å². The molecule has 1 saturated heterocycles. The van der Waals surface area contributed by atoms with Crippen LogP contribution in [0.2, 0.25) is 0 Å². The maximum atomic E-state index is 11.9. The summed E-state index contributed by atoms with van der Waals surface area (Å²) >= 11 is 0. The topological polar surface area (TPSA) is 95.9 Å². The van der Waals surface area contributed by atoms with Gasteiger partial charge in [0.25, 0.3) is 5.91 Å². The van der Waals surface area contributed by atoms with Crippen molar-refractivity contribution < 1.29 is 24.2 Å². The van der Waals surface area contributed by atoms with Gasteiger partial charge in [-0.2, -0.15) is 0 Å². The summed E-state index contributed by atoms with van der Waals surface area (Å²) in [5.74, 6) is -0.765. The predicted octanol–water partition coefficient (Wildman–Crippen LogP) is 2.24. The zero-order valence-corrected chi connectivity index (χ0v) is 14.7. The summed E-state index contributed by atoms with van der Waals surface area (Å²) in [4.78, 5) is 37.2. The number of nitrogens with one attached hydrogen (secondary N) is 1. The number of carbonyl (C=O) groups is 3. The fraction of sp³-hybridized carbons (Fsp3) is 0.250. The highest BCUT2D eigenvalue weighted by Gasteiger charge is 2.21. The minimum absolute atomic E-state index is 0.0424. The molecular weight excluding hydrogens is 348 g/mol. The van der Waals surface area contributed by atoms with E-state index >= 15 is 0 Å². The first kappa shape index (κ1) is 18.4. The first-order valence-electron chi connectivity index (χ1n) is 8.65. The number of esters is 1. The van der Waals surface area contributed by atoms with Crippen LogP contribution in [0.4, 0.5) is 11.4 Å².